The molecular formula is C21H28N4O3S. The number of carbonyl (C=O) groups excluding carboxylic acids is 2. The Hall–Kier alpha value is -2.45. The molecule has 2 heterocycles. The number of likely N-dealkylation sites (tertiary alicyclic amines) is 1. The van der Waals surface area contributed by atoms with E-state index in [1.165, 1.54) is 24.2 Å². The first-order chi connectivity index (χ1) is 14.0. The first-order valence-corrected chi connectivity index (χ1v) is 10.9. The maximum Gasteiger partial charge on any atom is 0.255 e. The number of anilines is 1. The van der Waals surface area contributed by atoms with Crippen molar-refractivity contribution in [1.82, 2.24) is 15.2 Å². The van der Waals surface area contributed by atoms with Gasteiger partial charge in [-0.2, -0.15) is 0 Å². The van der Waals surface area contributed by atoms with Gasteiger partial charge in [-0.3, -0.25) is 14.5 Å². The highest BCUT2D eigenvalue weighted by atomic mass is 32.1. The number of aromatic nitrogens is 1. The number of nitrogens with zero attached hydrogens (tertiary/aromatic N) is 2. The van der Waals surface area contributed by atoms with Crippen LogP contribution in [0.25, 0.3) is 0 Å². The quantitative estimate of drug-likeness (QED) is 0.691. The molecule has 29 heavy (non-hydrogen) atoms. The normalized spacial score (nSPS) is 15.1. The molecule has 1 aliphatic heterocycles. The molecule has 1 aromatic heterocycles. The molecular weight excluding hydrogens is 388 g/mol. The number of para-hydroxylation sites is 1. The van der Waals surface area contributed by atoms with Crippen molar-refractivity contribution in [3.05, 3.63) is 40.9 Å². The van der Waals surface area contributed by atoms with E-state index in [0.29, 0.717) is 23.1 Å². The number of hydrogen-bond donors (Lipinski definition) is 2. The molecule has 156 valence electrons. The third kappa shape index (κ3) is 6.27. The van der Waals surface area contributed by atoms with Crippen molar-refractivity contribution >= 4 is 28.3 Å². The minimum atomic E-state index is -0.344. The molecule has 2 N–H and O–H groups in total. The summed E-state index contributed by atoms with van der Waals surface area (Å²) in [5.41, 5.74) is 1.38. The van der Waals surface area contributed by atoms with Gasteiger partial charge in [0.25, 0.3) is 5.91 Å². The zero-order valence-electron chi connectivity index (χ0n) is 16.9. The van der Waals surface area contributed by atoms with E-state index in [-0.39, 0.29) is 18.4 Å². The second-order valence-corrected chi connectivity index (χ2v) is 8.12. The minimum Gasteiger partial charge on any atom is -0.493 e. The molecule has 1 aromatic carbocycles. The standard InChI is InChI=1S/C21H28N4O3S/c1-3-28-18-7-5-4-6-17(18)20(27)22-12-19(26)24-21-23-16(14-29-21)13-25-10-8-15(2)9-11-25/h4-7,14-15H,3,8-13H2,1-2H3,(H,22,27)(H,23,24,26). The Kier molecular flexibility index (Phi) is 7.60. The fourth-order valence-electron chi connectivity index (χ4n) is 3.24. The van der Waals surface area contributed by atoms with Crippen LogP contribution in [0.15, 0.2) is 29.6 Å². The average molecular weight is 417 g/mol. The van der Waals surface area contributed by atoms with Crippen LogP contribution in [0.5, 0.6) is 5.75 Å². The van der Waals surface area contributed by atoms with Crippen molar-refractivity contribution in [3.8, 4) is 5.75 Å². The van der Waals surface area contributed by atoms with E-state index < -0.39 is 0 Å². The van der Waals surface area contributed by atoms with E-state index in [4.69, 9.17) is 4.74 Å². The number of nitrogens with one attached hydrogen (secondary N) is 2. The van der Waals surface area contributed by atoms with Crippen molar-refractivity contribution in [2.75, 3.05) is 31.6 Å². The minimum absolute atomic E-state index is 0.127. The van der Waals surface area contributed by atoms with Gasteiger partial charge in [0.1, 0.15) is 5.75 Å². The molecule has 1 aliphatic rings. The van der Waals surface area contributed by atoms with Gasteiger partial charge in [0, 0.05) is 11.9 Å². The summed E-state index contributed by atoms with van der Waals surface area (Å²) in [5.74, 6) is 0.653. The number of piperidine rings is 1. The molecule has 2 amide bonds. The third-order valence-corrected chi connectivity index (χ3v) is 5.71. The number of amides is 2. The number of benzene rings is 1. The van der Waals surface area contributed by atoms with E-state index in [1.54, 1.807) is 24.3 Å². The van der Waals surface area contributed by atoms with Gasteiger partial charge in [-0.05, 0) is 50.9 Å². The lowest BCUT2D eigenvalue weighted by atomic mass is 9.99. The highest BCUT2D eigenvalue weighted by Gasteiger charge is 2.17. The third-order valence-electron chi connectivity index (χ3n) is 4.90. The van der Waals surface area contributed by atoms with E-state index in [9.17, 15) is 9.59 Å². The molecule has 1 fully saturated rings. The zero-order chi connectivity index (χ0) is 20.6. The smallest absolute Gasteiger partial charge is 0.255 e. The van der Waals surface area contributed by atoms with Crippen molar-refractivity contribution < 1.29 is 14.3 Å². The lowest BCUT2D eigenvalue weighted by Crippen LogP contribution is -2.33. The summed E-state index contributed by atoms with van der Waals surface area (Å²) in [7, 11) is 0. The number of ether oxygens (including phenoxy) is 1. The summed E-state index contributed by atoms with van der Waals surface area (Å²) in [5, 5.41) is 7.92. The van der Waals surface area contributed by atoms with Crippen LogP contribution in [0.4, 0.5) is 5.13 Å². The summed E-state index contributed by atoms with van der Waals surface area (Å²) in [4.78, 5) is 31.4. The van der Waals surface area contributed by atoms with Gasteiger partial charge in [-0.15, -0.1) is 11.3 Å². The topological polar surface area (TPSA) is 83.6 Å². The van der Waals surface area contributed by atoms with Crippen LogP contribution in [-0.2, 0) is 11.3 Å². The van der Waals surface area contributed by atoms with E-state index in [1.807, 2.05) is 12.3 Å². The molecule has 0 saturated carbocycles. The van der Waals surface area contributed by atoms with E-state index in [0.717, 1.165) is 31.2 Å². The molecule has 2 aromatic rings. The van der Waals surface area contributed by atoms with Crippen molar-refractivity contribution in [2.45, 2.75) is 33.2 Å². The zero-order valence-corrected chi connectivity index (χ0v) is 17.8. The molecule has 0 aliphatic carbocycles. The van der Waals surface area contributed by atoms with Gasteiger partial charge < -0.3 is 15.4 Å². The van der Waals surface area contributed by atoms with Gasteiger partial charge in [-0.25, -0.2) is 4.98 Å². The molecule has 0 spiro atoms. The van der Waals surface area contributed by atoms with Crippen LogP contribution in [-0.4, -0.2) is 47.9 Å². The predicted octanol–water partition coefficient (Wildman–Crippen LogP) is 3.14. The average Bonchev–Trinajstić information content (AvgIpc) is 3.15. The van der Waals surface area contributed by atoms with Crippen molar-refractivity contribution in [2.24, 2.45) is 5.92 Å². The summed E-state index contributed by atoms with van der Waals surface area (Å²) in [6.45, 7) is 7.49. The van der Waals surface area contributed by atoms with Gasteiger partial charge in [0.05, 0.1) is 24.4 Å². The number of hydrogen-bond acceptors (Lipinski definition) is 6. The van der Waals surface area contributed by atoms with Crippen LogP contribution >= 0.6 is 11.3 Å². The van der Waals surface area contributed by atoms with E-state index >= 15 is 0 Å². The Morgan fingerprint density at radius 1 is 1.28 bits per heavy atom. The molecule has 3 rings (SSSR count). The lowest BCUT2D eigenvalue weighted by Gasteiger charge is -2.29. The van der Waals surface area contributed by atoms with Gasteiger partial charge in [0.2, 0.25) is 5.91 Å². The molecule has 8 heteroatoms. The molecule has 0 radical (unpaired) electrons. The first-order valence-electron chi connectivity index (χ1n) is 10.0. The summed E-state index contributed by atoms with van der Waals surface area (Å²) in [6, 6.07) is 6.97. The van der Waals surface area contributed by atoms with Crippen LogP contribution in [0.3, 0.4) is 0 Å². The maximum atomic E-state index is 12.4. The molecule has 0 atom stereocenters. The molecule has 0 unspecified atom stereocenters. The largest absolute Gasteiger partial charge is 0.493 e. The monoisotopic (exact) mass is 416 g/mol. The summed E-state index contributed by atoms with van der Waals surface area (Å²) in [6.07, 6.45) is 2.44. The Morgan fingerprint density at radius 2 is 2.03 bits per heavy atom. The fraction of sp³-hybridized carbons (Fsp3) is 0.476. The summed E-state index contributed by atoms with van der Waals surface area (Å²) < 4.78 is 5.46. The van der Waals surface area contributed by atoms with Crippen LogP contribution in [0.1, 0.15) is 42.7 Å². The number of thiazole rings is 1. The number of carbonyl (C=O) groups is 2. The lowest BCUT2D eigenvalue weighted by molar-refractivity contribution is -0.115. The SMILES string of the molecule is CCOc1ccccc1C(=O)NCC(=O)Nc1nc(CN2CCC(C)CC2)cs1. The fourth-order valence-corrected chi connectivity index (χ4v) is 3.96. The highest BCUT2D eigenvalue weighted by Crippen LogP contribution is 2.21. The van der Waals surface area contributed by atoms with Crippen LogP contribution in [0, 0.1) is 5.92 Å². The van der Waals surface area contributed by atoms with Crippen LogP contribution < -0.4 is 15.4 Å². The molecule has 0 bridgehead atoms. The Bertz CT molecular complexity index is 831. The van der Waals surface area contributed by atoms with E-state index in [2.05, 4.69) is 27.4 Å². The van der Waals surface area contributed by atoms with Gasteiger partial charge >= 0.3 is 0 Å². The number of rotatable bonds is 8. The van der Waals surface area contributed by atoms with Crippen molar-refractivity contribution in [1.29, 1.82) is 0 Å². The first kappa shape index (κ1) is 21.3. The van der Waals surface area contributed by atoms with Crippen LogP contribution in [0.2, 0.25) is 0 Å². The van der Waals surface area contributed by atoms with Gasteiger partial charge in [-0.1, -0.05) is 19.1 Å². The molecule has 1 saturated heterocycles. The predicted molar refractivity (Wildman–Crippen MR) is 114 cm³/mol. The second kappa shape index (κ2) is 10.4. The Balaban J connectivity index is 1.46. The maximum absolute atomic E-state index is 12.4. The Morgan fingerprint density at radius 3 is 2.79 bits per heavy atom. The van der Waals surface area contributed by atoms with Gasteiger partial charge in [0.15, 0.2) is 5.13 Å². The summed E-state index contributed by atoms with van der Waals surface area (Å²) >= 11 is 1.40. The van der Waals surface area contributed by atoms with Crippen molar-refractivity contribution in [3.63, 3.8) is 0 Å². The highest BCUT2D eigenvalue weighted by molar-refractivity contribution is 7.13. The molecule has 7 nitrogen and oxygen atoms in total. The second-order valence-electron chi connectivity index (χ2n) is 7.26. The Labute approximate surface area is 175 Å².